The first-order valence-electron chi connectivity index (χ1n) is 9.32. The molecule has 2 atom stereocenters. The second-order valence-electron chi connectivity index (χ2n) is 8.23. The van der Waals surface area contributed by atoms with E-state index in [4.69, 9.17) is 5.73 Å². The average Bonchev–Trinajstić information content (AvgIpc) is 3.17. The zero-order valence-corrected chi connectivity index (χ0v) is 18.1. The fourth-order valence-electron chi connectivity index (χ4n) is 3.44. The molecule has 3 rings (SSSR count). The van der Waals surface area contributed by atoms with E-state index in [1.807, 2.05) is 22.0 Å². The molecule has 0 radical (unpaired) electrons. The molecule has 5 nitrogen and oxygen atoms in total. The van der Waals surface area contributed by atoms with E-state index in [2.05, 4.69) is 43.6 Å². The predicted molar refractivity (Wildman–Crippen MR) is 113 cm³/mol. The van der Waals surface area contributed by atoms with Crippen molar-refractivity contribution in [3.05, 3.63) is 29.2 Å². The maximum Gasteiger partial charge on any atom is 0.230 e. The number of nitrogens with zero attached hydrogens (tertiary/aromatic N) is 3. The van der Waals surface area contributed by atoms with Crippen LogP contribution in [-0.2, 0) is 24.2 Å². The number of carbonyl (C=O) groups excluding carboxylic acids is 1. The van der Waals surface area contributed by atoms with Crippen molar-refractivity contribution in [1.29, 1.82) is 0 Å². The number of fused-ring (bicyclic) bond motifs is 1. The van der Waals surface area contributed by atoms with E-state index in [0.29, 0.717) is 23.0 Å². The van der Waals surface area contributed by atoms with E-state index < -0.39 is 0 Å². The number of aryl methyl sites for hydroxylation is 1. The highest BCUT2D eigenvalue weighted by atomic mass is 32.2. The van der Waals surface area contributed by atoms with Gasteiger partial charge in [-0.3, -0.25) is 9.36 Å². The summed E-state index contributed by atoms with van der Waals surface area (Å²) in [5.74, 6) is 1.20. The maximum atomic E-state index is 11.4. The summed E-state index contributed by atoms with van der Waals surface area (Å²) in [6.45, 7) is 13.2. The number of hydrogen-bond donors (Lipinski definition) is 1. The molecule has 7 heteroatoms. The predicted octanol–water partition coefficient (Wildman–Crippen LogP) is 4.31. The van der Waals surface area contributed by atoms with Crippen LogP contribution in [0, 0.1) is 11.3 Å². The number of hydrogen-bond acceptors (Lipinski definition) is 5. The Balaban J connectivity index is 1.91. The Hall–Kier alpha value is -1.60. The van der Waals surface area contributed by atoms with Crippen molar-refractivity contribution in [2.75, 3.05) is 0 Å². The van der Waals surface area contributed by atoms with Crippen LogP contribution < -0.4 is 5.73 Å². The van der Waals surface area contributed by atoms with Gasteiger partial charge in [0.25, 0.3) is 0 Å². The molecule has 0 spiro atoms. The minimum atomic E-state index is -0.352. The van der Waals surface area contributed by atoms with Crippen molar-refractivity contribution >= 4 is 29.0 Å². The molecule has 2 aromatic heterocycles. The first-order valence-corrected chi connectivity index (χ1v) is 11.0. The number of nitrogens with two attached hydrogens (primary N) is 1. The van der Waals surface area contributed by atoms with Crippen LogP contribution in [-0.4, -0.2) is 25.9 Å². The van der Waals surface area contributed by atoms with Gasteiger partial charge in [0.15, 0.2) is 11.0 Å². The summed E-state index contributed by atoms with van der Waals surface area (Å²) in [6, 6.07) is 2.29. The summed E-state index contributed by atoms with van der Waals surface area (Å²) in [5.41, 5.74) is 7.19. The third-order valence-electron chi connectivity index (χ3n) is 5.24. The molecule has 27 heavy (non-hydrogen) atoms. The second kappa shape index (κ2) is 7.80. The van der Waals surface area contributed by atoms with Gasteiger partial charge in [0, 0.05) is 11.4 Å². The molecule has 1 aliphatic rings. The minimum Gasteiger partial charge on any atom is -0.369 e. The highest BCUT2D eigenvalue weighted by Crippen LogP contribution is 2.42. The van der Waals surface area contributed by atoms with Crippen LogP contribution >= 0.6 is 23.1 Å². The maximum absolute atomic E-state index is 11.4. The van der Waals surface area contributed by atoms with Gasteiger partial charge >= 0.3 is 0 Å². The molecule has 2 N–H and O–H groups in total. The fraction of sp³-hybridized carbons (Fsp3) is 0.550. The highest BCUT2D eigenvalue weighted by Gasteiger charge is 2.30. The van der Waals surface area contributed by atoms with Gasteiger partial charge in [-0.05, 0) is 49.1 Å². The van der Waals surface area contributed by atoms with E-state index in [1.54, 1.807) is 6.92 Å². The zero-order valence-electron chi connectivity index (χ0n) is 16.5. The molecule has 0 aliphatic heterocycles. The first kappa shape index (κ1) is 20.1. The van der Waals surface area contributed by atoms with Crippen molar-refractivity contribution in [2.45, 2.75) is 63.9 Å². The standard InChI is InChI=1S/C20H28N4OS2/c1-6-9-24-18(22-23-19(24)26-12(2)17(21)25)16-11-13-10-14(20(3,4)5)7-8-15(13)27-16/h6,11-12,14H,1,7-10H2,2-5H3,(H2,21,25)/t12-,14-/m0/s1. The number of thiophene rings is 1. The first-order chi connectivity index (χ1) is 12.7. The molecule has 0 unspecified atom stereocenters. The summed E-state index contributed by atoms with van der Waals surface area (Å²) in [7, 11) is 0. The normalized spacial score (nSPS) is 18.1. The van der Waals surface area contributed by atoms with Gasteiger partial charge in [0.2, 0.25) is 5.91 Å². The van der Waals surface area contributed by atoms with Crippen LogP contribution in [0.15, 0.2) is 23.9 Å². The van der Waals surface area contributed by atoms with Crippen LogP contribution in [0.1, 0.15) is 44.6 Å². The Morgan fingerprint density at radius 2 is 2.26 bits per heavy atom. The Kier molecular flexibility index (Phi) is 5.82. The molecule has 2 heterocycles. The summed E-state index contributed by atoms with van der Waals surface area (Å²) < 4.78 is 2.02. The third-order valence-corrected chi connectivity index (χ3v) is 7.57. The van der Waals surface area contributed by atoms with Gasteiger partial charge in [-0.25, -0.2) is 0 Å². The Labute approximate surface area is 169 Å². The van der Waals surface area contributed by atoms with Crippen molar-refractivity contribution in [3.63, 3.8) is 0 Å². The topological polar surface area (TPSA) is 73.8 Å². The lowest BCUT2D eigenvalue weighted by atomic mass is 9.72. The average molecular weight is 405 g/mol. The molecule has 0 fully saturated rings. The summed E-state index contributed by atoms with van der Waals surface area (Å²) in [5, 5.41) is 9.10. The molecule has 0 bridgehead atoms. The molecule has 1 amide bonds. The van der Waals surface area contributed by atoms with E-state index in [1.165, 1.54) is 28.6 Å². The summed E-state index contributed by atoms with van der Waals surface area (Å²) in [6.07, 6.45) is 5.34. The molecule has 0 saturated carbocycles. The lowest BCUT2D eigenvalue weighted by Gasteiger charge is -2.33. The number of thioether (sulfide) groups is 1. The number of rotatable bonds is 6. The van der Waals surface area contributed by atoms with Gasteiger partial charge < -0.3 is 5.73 Å². The quantitative estimate of drug-likeness (QED) is 0.575. The number of aromatic nitrogens is 3. The van der Waals surface area contributed by atoms with Crippen LogP contribution in [0.3, 0.4) is 0 Å². The Morgan fingerprint density at radius 1 is 1.52 bits per heavy atom. The molecule has 0 aromatic carbocycles. The SMILES string of the molecule is C=CCn1c(S[C@@H](C)C(N)=O)nnc1-c1cc2c(s1)CC[C@H](C(C)(C)C)C2. The van der Waals surface area contributed by atoms with Crippen molar-refractivity contribution in [2.24, 2.45) is 17.1 Å². The number of primary amides is 1. The van der Waals surface area contributed by atoms with E-state index in [9.17, 15) is 4.79 Å². The molecular weight excluding hydrogens is 376 g/mol. The number of carbonyl (C=O) groups is 1. The molecular formula is C20H28N4OS2. The van der Waals surface area contributed by atoms with Gasteiger partial charge in [0.1, 0.15) is 0 Å². The number of allylic oxidation sites excluding steroid dienone is 1. The minimum absolute atomic E-state index is 0.331. The third kappa shape index (κ3) is 4.29. The largest absolute Gasteiger partial charge is 0.369 e. The molecule has 146 valence electrons. The smallest absolute Gasteiger partial charge is 0.230 e. The van der Waals surface area contributed by atoms with Gasteiger partial charge in [0.05, 0.1) is 10.1 Å². The van der Waals surface area contributed by atoms with E-state index in [-0.39, 0.29) is 11.2 Å². The van der Waals surface area contributed by atoms with E-state index >= 15 is 0 Å². The lowest BCUT2D eigenvalue weighted by Crippen LogP contribution is -2.26. The lowest BCUT2D eigenvalue weighted by molar-refractivity contribution is -0.117. The van der Waals surface area contributed by atoms with Crippen molar-refractivity contribution in [1.82, 2.24) is 14.8 Å². The van der Waals surface area contributed by atoms with Gasteiger partial charge in [-0.15, -0.1) is 28.1 Å². The molecule has 0 saturated heterocycles. The van der Waals surface area contributed by atoms with Crippen LogP contribution in [0.25, 0.3) is 10.7 Å². The monoisotopic (exact) mass is 404 g/mol. The van der Waals surface area contributed by atoms with Crippen LogP contribution in [0.5, 0.6) is 0 Å². The van der Waals surface area contributed by atoms with Crippen LogP contribution in [0.2, 0.25) is 0 Å². The van der Waals surface area contributed by atoms with Gasteiger partial charge in [-0.1, -0.05) is 38.6 Å². The Morgan fingerprint density at radius 3 is 2.89 bits per heavy atom. The zero-order chi connectivity index (χ0) is 19.8. The summed E-state index contributed by atoms with van der Waals surface area (Å²) >= 11 is 3.17. The fourth-order valence-corrected chi connectivity index (χ4v) is 5.45. The number of amides is 1. The van der Waals surface area contributed by atoms with Crippen molar-refractivity contribution < 1.29 is 4.79 Å². The highest BCUT2D eigenvalue weighted by molar-refractivity contribution is 8.00. The van der Waals surface area contributed by atoms with Crippen molar-refractivity contribution in [3.8, 4) is 10.7 Å². The summed E-state index contributed by atoms with van der Waals surface area (Å²) in [4.78, 5) is 14.0. The molecule has 1 aliphatic carbocycles. The second-order valence-corrected chi connectivity index (χ2v) is 10.7. The molecule has 2 aromatic rings. The Bertz CT molecular complexity index is 847. The van der Waals surface area contributed by atoms with Gasteiger partial charge in [-0.2, -0.15) is 0 Å². The van der Waals surface area contributed by atoms with Crippen LogP contribution in [0.4, 0.5) is 0 Å². The van der Waals surface area contributed by atoms with E-state index in [0.717, 1.165) is 23.5 Å².